The first-order valence-electron chi connectivity index (χ1n) is 6.91. The summed E-state index contributed by atoms with van der Waals surface area (Å²) in [6.07, 6.45) is 0. The number of ketones is 1. The van der Waals surface area contributed by atoms with Gasteiger partial charge in [0.15, 0.2) is 5.78 Å². The van der Waals surface area contributed by atoms with Crippen LogP contribution >= 0.6 is 0 Å². The summed E-state index contributed by atoms with van der Waals surface area (Å²) in [7, 11) is 0. The lowest BCUT2D eigenvalue weighted by atomic mass is 10.1. The van der Waals surface area contributed by atoms with E-state index in [1.54, 1.807) is 38.1 Å². The number of nitrogens with zero attached hydrogens (tertiary/aromatic N) is 1. The molecule has 0 bridgehead atoms. The van der Waals surface area contributed by atoms with E-state index < -0.39 is 0 Å². The lowest BCUT2D eigenvalue weighted by Crippen LogP contribution is -2.24. The van der Waals surface area contributed by atoms with Gasteiger partial charge in [-0.25, -0.2) is 0 Å². The molecule has 0 saturated heterocycles. The molecule has 2 N–H and O–H groups in total. The number of carbonyl (C=O) groups is 2. The van der Waals surface area contributed by atoms with E-state index in [0.717, 1.165) is 5.56 Å². The van der Waals surface area contributed by atoms with Crippen molar-refractivity contribution in [3.8, 4) is 6.07 Å². The van der Waals surface area contributed by atoms with Gasteiger partial charge in [-0.3, -0.25) is 9.59 Å². The maximum Gasteiger partial charge on any atom is 0.268 e. The molecular weight excluding hydrogens is 278 g/mol. The highest BCUT2D eigenvalue weighted by atomic mass is 16.2. The molecule has 0 unspecified atom stereocenters. The quantitative estimate of drug-likeness (QED) is 0.850. The number of aromatic nitrogens is 1. The van der Waals surface area contributed by atoms with Gasteiger partial charge in [0.25, 0.3) is 5.91 Å². The zero-order valence-electron chi connectivity index (χ0n) is 12.8. The third-order valence-corrected chi connectivity index (χ3v) is 3.55. The lowest BCUT2D eigenvalue weighted by Gasteiger charge is -2.05. The number of rotatable bonds is 4. The second kappa shape index (κ2) is 6.27. The number of Topliss-reactive ketones (excluding diaryl/α,β-unsaturated/α-hetero) is 1. The molecule has 0 aliphatic heterocycles. The van der Waals surface area contributed by atoms with Crippen molar-refractivity contribution in [2.24, 2.45) is 0 Å². The number of aryl methyl sites for hydroxylation is 1. The molecule has 0 radical (unpaired) electrons. The standard InChI is InChI=1S/C17H17N3O2/c1-10-15(12(3)21)11(2)20-16(10)17(22)19-9-14-6-4-13(8-18)5-7-14/h4-7,20H,9H2,1-3H3,(H,19,22). The number of amides is 1. The summed E-state index contributed by atoms with van der Waals surface area (Å²) < 4.78 is 0. The van der Waals surface area contributed by atoms with Gasteiger partial charge in [0.1, 0.15) is 5.69 Å². The molecule has 1 heterocycles. The minimum atomic E-state index is -0.252. The van der Waals surface area contributed by atoms with Crippen molar-refractivity contribution in [2.45, 2.75) is 27.3 Å². The van der Waals surface area contributed by atoms with Crippen molar-refractivity contribution in [2.75, 3.05) is 0 Å². The summed E-state index contributed by atoms with van der Waals surface area (Å²) in [6.45, 7) is 5.39. The Morgan fingerprint density at radius 2 is 1.86 bits per heavy atom. The van der Waals surface area contributed by atoms with Crippen molar-refractivity contribution in [1.29, 1.82) is 5.26 Å². The predicted molar refractivity (Wildman–Crippen MR) is 82.6 cm³/mol. The maximum atomic E-state index is 12.2. The van der Waals surface area contributed by atoms with Crippen molar-refractivity contribution in [3.05, 3.63) is 57.9 Å². The summed E-state index contributed by atoms with van der Waals surface area (Å²) >= 11 is 0. The number of hydrogen-bond acceptors (Lipinski definition) is 3. The Labute approximate surface area is 129 Å². The molecule has 5 nitrogen and oxygen atoms in total. The van der Waals surface area contributed by atoms with Crippen LogP contribution in [0.4, 0.5) is 0 Å². The topological polar surface area (TPSA) is 85.8 Å². The third kappa shape index (κ3) is 3.07. The van der Waals surface area contributed by atoms with E-state index in [9.17, 15) is 9.59 Å². The van der Waals surface area contributed by atoms with Crippen LogP contribution in [0.1, 0.15) is 50.2 Å². The highest BCUT2D eigenvalue weighted by molar-refractivity contribution is 6.02. The normalized spacial score (nSPS) is 10.1. The zero-order valence-corrected chi connectivity index (χ0v) is 12.8. The number of H-pyrrole nitrogens is 1. The molecular formula is C17H17N3O2. The van der Waals surface area contributed by atoms with Crippen LogP contribution in [0.3, 0.4) is 0 Å². The number of hydrogen-bond donors (Lipinski definition) is 2. The molecule has 1 aromatic heterocycles. The van der Waals surface area contributed by atoms with E-state index in [1.165, 1.54) is 6.92 Å². The van der Waals surface area contributed by atoms with Crippen LogP contribution < -0.4 is 5.32 Å². The zero-order chi connectivity index (χ0) is 16.3. The van der Waals surface area contributed by atoms with Gasteiger partial charge < -0.3 is 10.3 Å². The minimum Gasteiger partial charge on any atom is -0.354 e. The summed E-state index contributed by atoms with van der Waals surface area (Å²) in [5, 5.41) is 11.6. The first-order valence-corrected chi connectivity index (χ1v) is 6.91. The molecule has 5 heteroatoms. The van der Waals surface area contributed by atoms with Gasteiger partial charge in [-0.05, 0) is 44.0 Å². The molecule has 1 amide bonds. The van der Waals surface area contributed by atoms with E-state index in [-0.39, 0.29) is 11.7 Å². The molecule has 0 aliphatic rings. The van der Waals surface area contributed by atoms with E-state index in [1.807, 2.05) is 6.07 Å². The highest BCUT2D eigenvalue weighted by Gasteiger charge is 2.19. The van der Waals surface area contributed by atoms with E-state index in [2.05, 4.69) is 10.3 Å². The number of nitriles is 1. The first-order chi connectivity index (χ1) is 10.4. The SMILES string of the molecule is CC(=O)c1c(C)[nH]c(C(=O)NCc2ccc(C#N)cc2)c1C. The fourth-order valence-electron chi connectivity index (χ4n) is 2.47. The van der Waals surface area contributed by atoms with Crippen LogP contribution in [-0.4, -0.2) is 16.7 Å². The Morgan fingerprint density at radius 3 is 2.36 bits per heavy atom. The van der Waals surface area contributed by atoms with Gasteiger partial charge in [-0.15, -0.1) is 0 Å². The average Bonchev–Trinajstić information content (AvgIpc) is 2.80. The molecule has 0 fully saturated rings. The maximum absolute atomic E-state index is 12.2. The van der Waals surface area contributed by atoms with Crippen LogP contribution in [0, 0.1) is 25.2 Å². The number of nitrogens with one attached hydrogen (secondary N) is 2. The van der Waals surface area contributed by atoms with Crippen molar-refractivity contribution < 1.29 is 9.59 Å². The van der Waals surface area contributed by atoms with Gasteiger partial charge in [0, 0.05) is 17.8 Å². The molecule has 2 aromatic rings. The van der Waals surface area contributed by atoms with Crippen molar-refractivity contribution >= 4 is 11.7 Å². The Balaban J connectivity index is 2.11. The number of benzene rings is 1. The number of carbonyl (C=O) groups excluding carboxylic acids is 2. The molecule has 1 aromatic carbocycles. The van der Waals surface area contributed by atoms with Crippen LogP contribution in [-0.2, 0) is 6.54 Å². The van der Waals surface area contributed by atoms with Gasteiger partial charge >= 0.3 is 0 Å². The third-order valence-electron chi connectivity index (χ3n) is 3.55. The number of aromatic amines is 1. The summed E-state index contributed by atoms with van der Waals surface area (Å²) in [6, 6.07) is 9.06. The van der Waals surface area contributed by atoms with Crippen molar-refractivity contribution in [3.63, 3.8) is 0 Å². The summed E-state index contributed by atoms with van der Waals surface area (Å²) in [5.74, 6) is -0.310. The van der Waals surface area contributed by atoms with Crippen LogP contribution in [0.25, 0.3) is 0 Å². The molecule has 0 atom stereocenters. The molecule has 2 rings (SSSR count). The predicted octanol–water partition coefficient (Wildman–Crippen LogP) is 2.64. The summed E-state index contributed by atoms with van der Waals surface area (Å²) in [5.41, 5.74) is 3.84. The Hall–Kier alpha value is -2.87. The van der Waals surface area contributed by atoms with E-state index in [4.69, 9.17) is 5.26 Å². The summed E-state index contributed by atoms with van der Waals surface area (Å²) in [4.78, 5) is 26.8. The second-order valence-electron chi connectivity index (χ2n) is 5.17. The van der Waals surface area contributed by atoms with Crippen molar-refractivity contribution in [1.82, 2.24) is 10.3 Å². The minimum absolute atomic E-state index is 0.0580. The Bertz CT molecular complexity index is 764. The smallest absolute Gasteiger partial charge is 0.268 e. The lowest BCUT2D eigenvalue weighted by molar-refractivity contribution is 0.0945. The molecule has 112 valence electrons. The van der Waals surface area contributed by atoms with Gasteiger partial charge in [0.05, 0.1) is 11.6 Å². The molecule has 0 spiro atoms. The first kappa shape index (κ1) is 15.5. The van der Waals surface area contributed by atoms with E-state index >= 15 is 0 Å². The van der Waals surface area contributed by atoms with Gasteiger partial charge in [-0.1, -0.05) is 12.1 Å². The van der Waals surface area contributed by atoms with Gasteiger partial charge in [0.2, 0.25) is 0 Å². The highest BCUT2D eigenvalue weighted by Crippen LogP contribution is 2.18. The Morgan fingerprint density at radius 1 is 1.23 bits per heavy atom. The average molecular weight is 295 g/mol. The molecule has 0 aliphatic carbocycles. The largest absolute Gasteiger partial charge is 0.354 e. The van der Waals surface area contributed by atoms with E-state index in [0.29, 0.717) is 34.6 Å². The second-order valence-corrected chi connectivity index (χ2v) is 5.17. The van der Waals surface area contributed by atoms with Gasteiger partial charge in [-0.2, -0.15) is 5.26 Å². The van der Waals surface area contributed by atoms with Crippen LogP contribution in [0.5, 0.6) is 0 Å². The molecule has 22 heavy (non-hydrogen) atoms. The van der Waals surface area contributed by atoms with Crippen LogP contribution in [0.2, 0.25) is 0 Å². The molecule has 0 saturated carbocycles. The fraction of sp³-hybridized carbons (Fsp3) is 0.235. The Kier molecular flexibility index (Phi) is 4.42. The monoisotopic (exact) mass is 295 g/mol. The van der Waals surface area contributed by atoms with Crippen LogP contribution in [0.15, 0.2) is 24.3 Å². The fourth-order valence-corrected chi connectivity index (χ4v) is 2.47.